The Labute approximate surface area is 160 Å². The fraction of sp³-hybridized carbons (Fsp3) is 0.318. The molecule has 3 aromatic rings. The molecule has 142 valence electrons. The van der Waals surface area contributed by atoms with Crippen molar-refractivity contribution in [2.24, 2.45) is 0 Å². The molecule has 0 spiro atoms. The Morgan fingerprint density at radius 1 is 1.07 bits per heavy atom. The van der Waals surface area contributed by atoms with E-state index in [1.807, 2.05) is 73.1 Å². The minimum absolute atomic E-state index is 0.483. The van der Waals surface area contributed by atoms with Crippen LogP contribution in [0, 0.1) is 0 Å². The van der Waals surface area contributed by atoms with E-state index in [9.17, 15) is 5.11 Å². The molecule has 0 saturated carbocycles. The van der Waals surface area contributed by atoms with Gasteiger partial charge in [0.15, 0.2) is 11.5 Å². The Morgan fingerprint density at radius 3 is 2.56 bits per heavy atom. The summed E-state index contributed by atoms with van der Waals surface area (Å²) in [7, 11) is 1.63. The zero-order valence-corrected chi connectivity index (χ0v) is 16.1. The third-order valence-corrected chi connectivity index (χ3v) is 4.34. The van der Waals surface area contributed by atoms with Crippen molar-refractivity contribution in [3.8, 4) is 22.9 Å². The lowest BCUT2D eigenvalue weighted by atomic mass is 10.1. The van der Waals surface area contributed by atoms with Gasteiger partial charge >= 0.3 is 0 Å². The molecule has 0 radical (unpaired) electrons. The van der Waals surface area contributed by atoms with Crippen molar-refractivity contribution >= 4 is 0 Å². The van der Waals surface area contributed by atoms with Crippen molar-refractivity contribution in [2.75, 3.05) is 7.11 Å². The molecule has 1 N–H and O–H groups in total. The van der Waals surface area contributed by atoms with Gasteiger partial charge in [-0.3, -0.25) is 0 Å². The predicted octanol–water partition coefficient (Wildman–Crippen LogP) is 4.30. The number of hydrogen-bond donors (Lipinski definition) is 1. The summed E-state index contributed by atoms with van der Waals surface area (Å²) < 4.78 is 13.5. The second-order valence-electron chi connectivity index (χ2n) is 7.15. The van der Waals surface area contributed by atoms with Gasteiger partial charge in [0, 0.05) is 24.5 Å². The van der Waals surface area contributed by atoms with Crippen molar-refractivity contribution in [1.29, 1.82) is 0 Å². The summed E-state index contributed by atoms with van der Waals surface area (Å²) in [4.78, 5) is 4.47. The molecule has 0 aliphatic heterocycles. The second-order valence-corrected chi connectivity index (χ2v) is 7.15. The first-order chi connectivity index (χ1) is 13.0. The third-order valence-electron chi connectivity index (χ3n) is 4.34. The van der Waals surface area contributed by atoms with Crippen LogP contribution in [0.2, 0.25) is 0 Å². The first-order valence-electron chi connectivity index (χ1n) is 9.05. The number of aromatic nitrogens is 2. The summed E-state index contributed by atoms with van der Waals surface area (Å²) >= 11 is 0. The number of aryl methyl sites for hydroxylation is 1. The maximum atomic E-state index is 9.98. The summed E-state index contributed by atoms with van der Waals surface area (Å²) in [6.07, 6.45) is 4.34. The Balaban J connectivity index is 1.77. The topological polar surface area (TPSA) is 56.5 Å². The smallest absolute Gasteiger partial charge is 0.161 e. The molecule has 3 rings (SSSR count). The molecular formula is C22H26N2O3. The minimum Gasteiger partial charge on any atom is -0.493 e. The monoisotopic (exact) mass is 366 g/mol. The minimum atomic E-state index is -0.714. The highest BCUT2D eigenvalue weighted by molar-refractivity contribution is 5.61. The van der Waals surface area contributed by atoms with E-state index in [0.717, 1.165) is 17.0 Å². The van der Waals surface area contributed by atoms with Gasteiger partial charge in [-0.15, -0.1) is 0 Å². The van der Waals surface area contributed by atoms with Gasteiger partial charge in [-0.1, -0.05) is 30.3 Å². The van der Waals surface area contributed by atoms with E-state index in [0.29, 0.717) is 31.1 Å². The molecule has 27 heavy (non-hydrogen) atoms. The van der Waals surface area contributed by atoms with Crippen LogP contribution in [0.15, 0.2) is 60.9 Å². The average Bonchev–Trinajstić information content (AvgIpc) is 3.13. The van der Waals surface area contributed by atoms with Crippen LogP contribution in [0.25, 0.3) is 11.4 Å². The van der Waals surface area contributed by atoms with E-state index in [1.165, 1.54) is 0 Å². The third kappa shape index (κ3) is 5.11. The number of imidazole rings is 1. The summed E-state index contributed by atoms with van der Waals surface area (Å²) in [6, 6.07) is 15.8. The molecule has 2 aromatic carbocycles. The van der Waals surface area contributed by atoms with Crippen LogP contribution in [0.4, 0.5) is 0 Å². The predicted molar refractivity (Wildman–Crippen MR) is 106 cm³/mol. The number of aliphatic hydroxyl groups is 1. The van der Waals surface area contributed by atoms with Gasteiger partial charge in [-0.05, 0) is 44.0 Å². The largest absolute Gasteiger partial charge is 0.493 e. The van der Waals surface area contributed by atoms with E-state index in [-0.39, 0.29) is 0 Å². The molecule has 1 heterocycles. The zero-order valence-electron chi connectivity index (χ0n) is 16.1. The number of ether oxygens (including phenoxy) is 2. The molecular weight excluding hydrogens is 340 g/mol. The van der Waals surface area contributed by atoms with E-state index in [1.54, 1.807) is 13.3 Å². The number of nitrogens with zero attached hydrogens (tertiary/aromatic N) is 2. The summed E-state index contributed by atoms with van der Waals surface area (Å²) in [5.41, 5.74) is 1.33. The van der Waals surface area contributed by atoms with Gasteiger partial charge < -0.3 is 19.1 Å². The first-order valence-corrected chi connectivity index (χ1v) is 9.05. The SMILES string of the molecule is COc1cc(-c2nccn2CCC(C)(C)O)ccc1OCc1ccccc1. The number of benzene rings is 2. The van der Waals surface area contributed by atoms with Crippen molar-refractivity contribution < 1.29 is 14.6 Å². The van der Waals surface area contributed by atoms with Crippen LogP contribution >= 0.6 is 0 Å². The molecule has 5 nitrogen and oxygen atoms in total. The molecule has 0 fully saturated rings. The van der Waals surface area contributed by atoms with E-state index >= 15 is 0 Å². The lowest BCUT2D eigenvalue weighted by molar-refractivity contribution is 0.0663. The summed E-state index contributed by atoms with van der Waals surface area (Å²) in [6.45, 7) is 4.79. The van der Waals surface area contributed by atoms with Gasteiger partial charge in [-0.25, -0.2) is 4.98 Å². The van der Waals surface area contributed by atoms with Crippen molar-refractivity contribution in [2.45, 2.75) is 39.0 Å². The lowest BCUT2D eigenvalue weighted by Gasteiger charge is -2.18. The van der Waals surface area contributed by atoms with Gasteiger partial charge in [0.25, 0.3) is 0 Å². The Morgan fingerprint density at radius 2 is 1.85 bits per heavy atom. The maximum Gasteiger partial charge on any atom is 0.161 e. The Bertz CT molecular complexity index is 867. The average molecular weight is 366 g/mol. The Hall–Kier alpha value is -2.79. The second kappa shape index (κ2) is 8.27. The molecule has 0 atom stereocenters. The zero-order chi connectivity index (χ0) is 19.3. The highest BCUT2D eigenvalue weighted by atomic mass is 16.5. The van der Waals surface area contributed by atoms with Crippen LogP contribution < -0.4 is 9.47 Å². The lowest BCUT2D eigenvalue weighted by Crippen LogP contribution is -2.21. The quantitative estimate of drug-likeness (QED) is 0.646. The summed E-state index contributed by atoms with van der Waals surface area (Å²) in [5.74, 6) is 2.20. The van der Waals surface area contributed by atoms with E-state index in [4.69, 9.17) is 9.47 Å². The normalized spacial score (nSPS) is 11.4. The molecule has 0 aliphatic carbocycles. The maximum absolute atomic E-state index is 9.98. The number of hydrogen-bond acceptors (Lipinski definition) is 4. The molecule has 5 heteroatoms. The van der Waals surface area contributed by atoms with Crippen LogP contribution in [0.1, 0.15) is 25.8 Å². The van der Waals surface area contributed by atoms with Gasteiger partial charge in [0.2, 0.25) is 0 Å². The highest BCUT2D eigenvalue weighted by Gasteiger charge is 2.15. The summed E-state index contributed by atoms with van der Waals surface area (Å²) in [5, 5.41) is 9.98. The van der Waals surface area contributed by atoms with Crippen molar-refractivity contribution in [1.82, 2.24) is 9.55 Å². The molecule has 0 saturated heterocycles. The van der Waals surface area contributed by atoms with Crippen molar-refractivity contribution in [3.05, 3.63) is 66.5 Å². The van der Waals surface area contributed by atoms with E-state index in [2.05, 4.69) is 4.98 Å². The number of rotatable bonds is 8. The first kappa shape index (κ1) is 19.0. The van der Waals surface area contributed by atoms with Crippen molar-refractivity contribution in [3.63, 3.8) is 0 Å². The molecule has 0 unspecified atom stereocenters. The van der Waals surface area contributed by atoms with Crippen LogP contribution in [0.5, 0.6) is 11.5 Å². The standard InChI is InChI=1S/C22H26N2O3/c1-22(2,25)11-13-24-14-12-23-21(24)18-9-10-19(20(15-18)26-3)27-16-17-7-5-4-6-8-17/h4-10,12,14-15,25H,11,13,16H2,1-3H3. The van der Waals surface area contributed by atoms with Crippen LogP contribution in [-0.2, 0) is 13.2 Å². The van der Waals surface area contributed by atoms with Crippen LogP contribution in [0.3, 0.4) is 0 Å². The van der Waals surface area contributed by atoms with Crippen LogP contribution in [-0.4, -0.2) is 27.4 Å². The molecule has 0 bridgehead atoms. The fourth-order valence-corrected chi connectivity index (χ4v) is 2.81. The van der Waals surface area contributed by atoms with Gasteiger partial charge in [0.05, 0.1) is 12.7 Å². The molecule has 0 aliphatic rings. The highest BCUT2D eigenvalue weighted by Crippen LogP contribution is 2.32. The number of methoxy groups -OCH3 is 1. The fourth-order valence-electron chi connectivity index (χ4n) is 2.81. The Kier molecular flexibility index (Phi) is 5.81. The van der Waals surface area contributed by atoms with Gasteiger partial charge in [0.1, 0.15) is 12.4 Å². The van der Waals surface area contributed by atoms with E-state index < -0.39 is 5.60 Å². The molecule has 0 amide bonds. The molecule has 1 aromatic heterocycles. The van der Waals surface area contributed by atoms with Gasteiger partial charge in [-0.2, -0.15) is 0 Å².